The summed E-state index contributed by atoms with van der Waals surface area (Å²) in [6.45, 7) is 6.14. The van der Waals surface area contributed by atoms with Gasteiger partial charge in [0.15, 0.2) is 0 Å². The highest BCUT2D eigenvalue weighted by Crippen LogP contribution is 2.42. The zero-order chi connectivity index (χ0) is 10.0. The second kappa shape index (κ2) is 4.17. The van der Waals surface area contributed by atoms with Crippen LogP contribution in [0.1, 0.15) is 32.6 Å². The summed E-state index contributed by atoms with van der Waals surface area (Å²) < 4.78 is 5.64. The summed E-state index contributed by atoms with van der Waals surface area (Å²) in [5, 5.41) is 0. The number of rotatable bonds is 4. The molecule has 1 saturated heterocycles. The zero-order valence-electron chi connectivity index (χ0n) is 9.17. The largest absolute Gasteiger partial charge is 0.378 e. The van der Waals surface area contributed by atoms with Crippen LogP contribution in [0.15, 0.2) is 0 Å². The van der Waals surface area contributed by atoms with Crippen molar-refractivity contribution in [2.24, 2.45) is 5.73 Å². The normalized spacial score (nSPS) is 27.9. The van der Waals surface area contributed by atoms with Gasteiger partial charge in [-0.05, 0) is 32.6 Å². The molecule has 0 aromatic carbocycles. The van der Waals surface area contributed by atoms with E-state index < -0.39 is 0 Å². The predicted octanol–water partition coefficient (Wildman–Crippen LogP) is 0.979. The fraction of sp³-hybridized carbons (Fsp3) is 1.00. The van der Waals surface area contributed by atoms with Crippen LogP contribution in [-0.4, -0.2) is 42.8 Å². The lowest BCUT2D eigenvalue weighted by Gasteiger charge is -2.37. The topological polar surface area (TPSA) is 38.5 Å². The van der Waals surface area contributed by atoms with Gasteiger partial charge in [-0.25, -0.2) is 0 Å². The number of nitrogens with zero attached hydrogens (tertiary/aromatic N) is 1. The fourth-order valence-corrected chi connectivity index (χ4v) is 2.53. The standard InChI is InChI=1S/C11H22N2O/c1-2-14-10-3-7-13(8-4-10)11(9-12)5-6-11/h10H,2-9,12H2,1H3. The van der Waals surface area contributed by atoms with E-state index in [0.29, 0.717) is 11.6 Å². The van der Waals surface area contributed by atoms with Crippen molar-refractivity contribution in [1.29, 1.82) is 0 Å². The number of hydrogen-bond donors (Lipinski definition) is 1. The molecule has 82 valence electrons. The molecule has 2 aliphatic rings. The Morgan fingerprint density at radius 2 is 2.00 bits per heavy atom. The summed E-state index contributed by atoms with van der Waals surface area (Å²) in [5.74, 6) is 0. The summed E-state index contributed by atoms with van der Waals surface area (Å²) in [6.07, 6.45) is 5.50. The van der Waals surface area contributed by atoms with Crippen molar-refractivity contribution >= 4 is 0 Å². The highest BCUT2D eigenvalue weighted by atomic mass is 16.5. The van der Waals surface area contributed by atoms with Gasteiger partial charge in [-0.2, -0.15) is 0 Å². The van der Waals surface area contributed by atoms with Gasteiger partial charge in [-0.15, -0.1) is 0 Å². The van der Waals surface area contributed by atoms with Crippen LogP contribution in [0.2, 0.25) is 0 Å². The lowest BCUT2D eigenvalue weighted by Crippen LogP contribution is -2.48. The highest BCUT2D eigenvalue weighted by molar-refractivity contribution is 5.05. The number of hydrogen-bond acceptors (Lipinski definition) is 3. The van der Waals surface area contributed by atoms with Crippen molar-refractivity contribution < 1.29 is 4.74 Å². The van der Waals surface area contributed by atoms with Gasteiger partial charge in [0.1, 0.15) is 0 Å². The van der Waals surface area contributed by atoms with Gasteiger partial charge >= 0.3 is 0 Å². The van der Waals surface area contributed by atoms with Crippen LogP contribution in [0.3, 0.4) is 0 Å². The molecule has 0 aromatic heterocycles. The number of likely N-dealkylation sites (tertiary alicyclic amines) is 1. The van der Waals surface area contributed by atoms with Crippen molar-refractivity contribution in [2.75, 3.05) is 26.2 Å². The monoisotopic (exact) mass is 198 g/mol. The third-order valence-electron chi connectivity index (χ3n) is 3.72. The first-order chi connectivity index (χ1) is 6.80. The molecule has 3 nitrogen and oxygen atoms in total. The summed E-state index contributed by atoms with van der Waals surface area (Å²) in [4.78, 5) is 2.59. The Morgan fingerprint density at radius 1 is 1.36 bits per heavy atom. The molecule has 1 saturated carbocycles. The van der Waals surface area contributed by atoms with Crippen LogP contribution < -0.4 is 5.73 Å². The molecule has 0 spiro atoms. The van der Waals surface area contributed by atoms with Crippen molar-refractivity contribution in [3.63, 3.8) is 0 Å². The SMILES string of the molecule is CCOC1CCN(C2(CN)CC2)CC1. The summed E-state index contributed by atoms with van der Waals surface area (Å²) >= 11 is 0. The lowest BCUT2D eigenvalue weighted by molar-refractivity contribution is 0.00123. The first-order valence-corrected chi connectivity index (χ1v) is 5.87. The number of piperidine rings is 1. The molecule has 0 radical (unpaired) electrons. The van der Waals surface area contributed by atoms with Crippen molar-refractivity contribution in [2.45, 2.75) is 44.2 Å². The molecule has 0 amide bonds. The minimum atomic E-state index is 0.400. The number of ether oxygens (including phenoxy) is 1. The molecule has 0 unspecified atom stereocenters. The van der Waals surface area contributed by atoms with E-state index in [-0.39, 0.29) is 0 Å². The summed E-state index contributed by atoms with van der Waals surface area (Å²) in [7, 11) is 0. The minimum absolute atomic E-state index is 0.400. The molecule has 14 heavy (non-hydrogen) atoms. The maximum atomic E-state index is 5.82. The van der Waals surface area contributed by atoms with Gasteiger partial charge in [-0.1, -0.05) is 0 Å². The van der Waals surface area contributed by atoms with E-state index in [0.717, 1.165) is 13.2 Å². The van der Waals surface area contributed by atoms with E-state index in [4.69, 9.17) is 10.5 Å². The van der Waals surface area contributed by atoms with E-state index >= 15 is 0 Å². The average molecular weight is 198 g/mol. The predicted molar refractivity (Wildman–Crippen MR) is 57.2 cm³/mol. The average Bonchev–Trinajstić information content (AvgIpc) is 3.00. The number of nitrogens with two attached hydrogens (primary N) is 1. The Bertz CT molecular complexity index is 184. The molecule has 2 fully saturated rings. The Hall–Kier alpha value is -0.120. The molecular formula is C11H22N2O. The molecule has 0 atom stereocenters. The fourth-order valence-electron chi connectivity index (χ4n) is 2.53. The van der Waals surface area contributed by atoms with E-state index in [9.17, 15) is 0 Å². The van der Waals surface area contributed by atoms with E-state index in [2.05, 4.69) is 11.8 Å². The van der Waals surface area contributed by atoms with Crippen LogP contribution in [0.4, 0.5) is 0 Å². The van der Waals surface area contributed by atoms with Gasteiger partial charge in [0.25, 0.3) is 0 Å². The molecule has 0 aromatic rings. The second-order valence-electron chi connectivity index (χ2n) is 4.57. The van der Waals surface area contributed by atoms with E-state index in [1.807, 2.05) is 0 Å². The van der Waals surface area contributed by atoms with Crippen molar-refractivity contribution in [3.05, 3.63) is 0 Å². The lowest BCUT2D eigenvalue weighted by atomic mass is 10.0. The molecule has 1 aliphatic heterocycles. The van der Waals surface area contributed by atoms with Gasteiger partial charge in [-0.3, -0.25) is 4.90 Å². The van der Waals surface area contributed by atoms with Gasteiger partial charge in [0.2, 0.25) is 0 Å². The summed E-state index contributed by atoms with van der Waals surface area (Å²) in [5.41, 5.74) is 6.22. The minimum Gasteiger partial charge on any atom is -0.378 e. The Kier molecular flexibility index (Phi) is 3.10. The van der Waals surface area contributed by atoms with Crippen LogP contribution in [0, 0.1) is 0 Å². The second-order valence-corrected chi connectivity index (χ2v) is 4.57. The van der Waals surface area contributed by atoms with Crippen molar-refractivity contribution in [1.82, 2.24) is 4.90 Å². The van der Waals surface area contributed by atoms with Crippen LogP contribution in [0.25, 0.3) is 0 Å². The van der Waals surface area contributed by atoms with Gasteiger partial charge in [0, 0.05) is 31.8 Å². The third kappa shape index (κ3) is 1.95. The first kappa shape index (κ1) is 10.4. The van der Waals surface area contributed by atoms with Gasteiger partial charge < -0.3 is 10.5 Å². The molecule has 2 rings (SSSR count). The highest BCUT2D eigenvalue weighted by Gasteiger charge is 2.47. The summed E-state index contributed by atoms with van der Waals surface area (Å²) in [6, 6.07) is 0. The maximum absolute atomic E-state index is 5.82. The van der Waals surface area contributed by atoms with Gasteiger partial charge in [0.05, 0.1) is 6.10 Å². The third-order valence-corrected chi connectivity index (χ3v) is 3.72. The maximum Gasteiger partial charge on any atom is 0.0599 e. The smallest absolute Gasteiger partial charge is 0.0599 e. The molecule has 1 heterocycles. The Balaban J connectivity index is 1.78. The van der Waals surface area contributed by atoms with Crippen LogP contribution in [-0.2, 0) is 4.74 Å². The Morgan fingerprint density at radius 3 is 2.43 bits per heavy atom. The Labute approximate surface area is 86.6 Å². The molecule has 2 N–H and O–H groups in total. The van der Waals surface area contributed by atoms with Crippen LogP contribution >= 0.6 is 0 Å². The van der Waals surface area contributed by atoms with E-state index in [1.54, 1.807) is 0 Å². The first-order valence-electron chi connectivity index (χ1n) is 5.87. The van der Waals surface area contributed by atoms with Crippen LogP contribution in [0.5, 0.6) is 0 Å². The quantitative estimate of drug-likeness (QED) is 0.732. The molecule has 0 bridgehead atoms. The molecule has 3 heteroatoms. The molecule has 1 aliphatic carbocycles. The van der Waals surface area contributed by atoms with E-state index in [1.165, 1.54) is 38.8 Å². The van der Waals surface area contributed by atoms with Crippen molar-refractivity contribution in [3.8, 4) is 0 Å². The zero-order valence-corrected chi connectivity index (χ0v) is 9.17. The molecular weight excluding hydrogens is 176 g/mol.